The van der Waals surface area contributed by atoms with Crippen LogP contribution in [0.15, 0.2) is 29.4 Å². The maximum absolute atomic E-state index is 12.7. The van der Waals surface area contributed by atoms with Crippen LogP contribution in [0.25, 0.3) is 11.4 Å². The van der Waals surface area contributed by atoms with Crippen LogP contribution in [0, 0.1) is 0 Å². The summed E-state index contributed by atoms with van der Waals surface area (Å²) in [5, 5.41) is 9.05. The largest absolute Gasteiger partial charge is 0.339 e. The van der Waals surface area contributed by atoms with E-state index in [1.54, 1.807) is 6.07 Å². The van der Waals surface area contributed by atoms with Crippen molar-refractivity contribution in [3.8, 4) is 11.4 Å². The molecule has 3 rings (SSSR count). The second-order valence-electron chi connectivity index (χ2n) is 6.18. The molecule has 7 nitrogen and oxygen atoms in total. The first-order valence-electron chi connectivity index (χ1n) is 8.64. The van der Waals surface area contributed by atoms with Crippen LogP contribution in [0.1, 0.15) is 13.8 Å². The zero-order chi connectivity index (χ0) is 18.7. The highest BCUT2D eigenvalue weighted by molar-refractivity contribution is 8.00. The normalized spacial score (nSPS) is 16.7. The lowest BCUT2D eigenvalue weighted by Gasteiger charge is -2.35. The van der Waals surface area contributed by atoms with Gasteiger partial charge in [-0.25, -0.2) is 4.68 Å². The van der Waals surface area contributed by atoms with Gasteiger partial charge in [-0.2, -0.15) is 0 Å². The number of aromatic nitrogens is 3. The van der Waals surface area contributed by atoms with Crippen molar-refractivity contribution < 1.29 is 4.79 Å². The Morgan fingerprint density at radius 3 is 2.62 bits per heavy atom. The van der Waals surface area contributed by atoms with E-state index >= 15 is 0 Å². The lowest BCUT2D eigenvalue weighted by Crippen LogP contribution is -2.50. The molecule has 1 saturated heterocycles. The number of rotatable bonds is 5. The third-order valence-electron chi connectivity index (χ3n) is 4.54. The first-order valence-corrected chi connectivity index (χ1v) is 9.90. The molecule has 0 spiro atoms. The minimum Gasteiger partial charge on any atom is -0.339 e. The molecular formula is C17H23ClN6OS. The standard InChI is InChI=1S/C17H23ClN6OS/c1-3-22-8-10-23(11-9-22)16(25)12(2)26-17-21-20-15(24(17)19)13-6-4-5-7-14(13)18/h4-7,12H,3,8-11,19H2,1-2H3. The summed E-state index contributed by atoms with van der Waals surface area (Å²) in [5.41, 5.74) is 0.714. The minimum absolute atomic E-state index is 0.105. The fraction of sp³-hybridized carbons (Fsp3) is 0.471. The van der Waals surface area contributed by atoms with Crippen LogP contribution in [0.4, 0.5) is 0 Å². The van der Waals surface area contributed by atoms with Gasteiger partial charge in [0.1, 0.15) is 0 Å². The molecule has 0 radical (unpaired) electrons. The van der Waals surface area contributed by atoms with E-state index < -0.39 is 0 Å². The summed E-state index contributed by atoms with van der Waals surface area (Å²) in [6, 6.07) is 7.33. The molecule has 1 aliphatic rings. The van der Waals surface area contributed by atoms with Crippen LogP contribution in [0.3, 0.4) is 0 Å². The number of piperazine rings is 1. The van der Waals surface area contributed by atoms with E-state index in [2.05, 4.69) is 22.0 Å². The Morgan fingerprint density at radius 1 is 1.27 bits per heavy atom. The van der Waals surface area contributed by atoms with Gasteiger partial charge in [0.2, 0.25) is 11.1 Å². The average molecular weight is 395 g/mol. The molecule has 1 aliphatic heterocycles. The van der Waals surface area contributed by atoms with Crippen LogP contribution in [0.2, 0.25) is 5.02 Å². The van der Waals surface area contributed by atoms with Crippen LogP contribution in [-0.4, -0.2) is 68.6 Å². The summed E-state index contributed by atoms with van der Waals surface area (Å²) in [7, 11) is 0. The molecule has 1 aromatic carbocycles. The number of carbonyl (C=O) groups excluding carboxylic acids is 1. The number of hydrogen-bond acceptors (Lipinski definition) is 6. The van der Waals surface area contributed by atoms with Crippen molar-refractivity contribution in [3.63, 3.8) is 0 Å². The highest BCUT2D eigenvalue weighted by Gasteiger charge is 2.27. The Hall–Kier alpha value is -1.77. The number of nitrogens with zero attached hydrogens (tertiary/aromatic N) is 5. The van der Waals surface area contributed by atoms with Gasteiger partial charge in [-0.15, -0.1) is 10.2 Å². The minimum atomic E-state index is -0.284. The van der Waals surface area contributed by atoms with Gasteiger partial charge in [-0.1, -0.05) is 42.4 Å². The van der Waals surface area contributed by atoms with Crippen LogP contribution in [-0.2, 0) is 4.79 Å². The summed E-state index contributed by atoms with van der Waals surface area (Å²) in [4.78, 5) is 17.0. The smallest absolute Gasteiger partial charge is 0.235 e. The van der Waals surface area contributed by atoms with E-state index in [0.717, 1.165) is 32.7 Å². The summed E-state index contributed by atoms with van der Waals surface area (Å²) in [6.07, 6.45) is 0. The topological polar surface area (TPSA) is 80.3 Å². The molecule has 1 aromatic heterocycles. The Kier molecular flexibility index (Phi) is 6.05. The number of hydrogen-bond donors (Lipinski definition) is 1. The number of nitrogen functional groups attached to an aromatic ring is 1. The van der Waals surface area contributed by atoms with Crippen molar-refractivity contribution in [1.29, 1.82) is 0 Å². The maximum Gasteiger partial charge on any atom is 0.235 e. The molecule has 1 fully saturated rings. The number of nitrogens with two attached hydrogens (primary N) is 1. The average Bonchev–Trinajstić information content (AvgIpc) is 3.02. The number of likely N-dealkylation sites (N-methyl/N-ethyl adjacent to an activating group) is 1. The first-order chi connectivity index (χ1) is 12.5. The van der Waals surface area contributed by atoms with E-state index in [0.29, 0.717) is 21.6 Å². The molecule has 140 valence electrons. The van der Waals surface area contributed by atoms with Gasteiger partial charge in [-0.05, 0) is 25.6 Å². The van der Waals surface area contributed by atoms with Crippen LogP contribution in [0.5, 0.6) is 0 Å². The van der Waals surface area contributed by atoms with Crippen molar-refractivity contribution in [3.05, 3.63) is 29.3 Å². The fourth-order valence-corrected chi connectivity index (χ4v) is 4.01. The van der Waals surface area contributed by atoms with E-state index in [4.69, 9.17) is 17.4 Å². The third kappa shape index (κ3) is 3.97. The first kappa shape index (κ1) is 19.0. The second kappa shape index (κ2) is 8.28. The van der Waals surface area contributed by atoms with Crippen molar-refractivity contribution in [2.75, 3.05) is 38.6 Å². The van der Waals surface area contributed by atoms with Gasteiger partial charge in [0.05, 0.1) is 10.3 Å². The summed E-state index contributed by atoms with van der Waals surface area (Å²) in [6.45, 7) is 8.40. The molecule has 1 unspecified atom stereocenters. The Bertz CT molecular complexity index is 774. The van der Waals surface area contributed by atoms with Gasteiger partial charge < -0.3 is 15.6 Å². The SMILES string of the molecule is CCN1CCN(C(=O)C(C)Sc2nnc(-c3ccccc3Cl)n2N)CC1. The zero-order valence-electron chi connectivity index (χ0n) is 14.9. The maximum atomic E-state index is 12.7. The number of thioether (sulfide) groups is 1. The second-order valence-corrected chi connectivity index (χ2v) is 7.89. The van der Waals surface area contributed by atoms with Gasteiger partial charge in [0.25, 0.3) is 0 Å². The van der Waals surface area contributed by atoms with E-state index in [1.165, 1.54) is 16.4 Å². The molecule has 2 aromatic rings. The predicted molar refractivity (Wildman–Crippen MR) is 105 cm³/mol. The van der Waals surface area contributed by atoms with Gasteiger partial charge in [0.15, 0.2) is 5.82 Å². The van der Waals surface area contributed by atoms with Gasteiger partial charge in [-0.3, -0.25) is 4.79 Å². The summed E-state index contributed by atoms with van der Waals surface area (Å²) in [5.74, 6) is 6.73. The van der Waals surface area contributed by atoms with E-state index in [1.807, 2.05) is 30.0 Å². The highest BCUT2D eigenvalue weighted by atomic mass is 35.5. The molecule has 9 heteroatoms. The molecule has 1 amide bonds. The Balaban J connectivity index is 1.68. The molecule has 2 N–H and O–H groups in total. The molecule has 0 aliphatic carbocycles. The Morgan fingerprint density at radius 2 is 1.96 bits per heavy atom. The highest BCUT2D eigenvalue weighted by Crippen LogP contribution is 2.29. The van der Waals surface area contributed by atoms with Crippen molar-refractivity contribution in [2.45, 2.75) is 24.3 Å². The molecular weight excluding hydrogens is 372 g/mol. The number of halogens is 1. The summed E-state index contributed by atoms with van der Waals surface area (Å²) >= 11 is 7.53. The van der Waals surface area contributed by atoms with Gasteiger partial charge >= 0.3 is 0 Å². The fourth-order valence-electron chi connectivity index (χ4n) is 2.93. The number of benzene rings is 1. The quantitative estimate of drug-likeness (QED) is 0.616. The summed E-state index contributed by atoms with van der Waals surface area (Å²) < 4.78 is 1.39. The lowest BCUT2D eigenvalue weighted by molar-refractivity contribution is -0.132. The third-order valence-corrected chi connectivity index (χ3v) is 5.91. The molecule has 26 heavy (non-hydrogen) atoms. The van der Waals surface area contributed by atoms with Gasteiger partial charge in [0, 0.05) is 31.7 Å². The predicted octanol–water partition coefficient (Wildman–Crippen LogP) is 1.96. The van der Waals surface area contributed by atoms with Crippen molar-refractivity contribution >= 4 is 29.3 Å². The van der Waals surface area contributed by atoms with E-state index in [-0.39, 0.29) is 11.2 Å². The lowest BCUT2D eigenvalue weighted by atomic mass is 10.2. The number of amides is 1. The molecule has 2 heterocycles. The number of carbonyl (C=O) groups is 1. The monoisotopic (exact) mass is 394 g/mol. The molecule has 0 bridgehead atoms. The zero-order valence-corrected chi connectivity index (χ0v) is 16.5. The van der Waals surface area contributed by atoms with E-state index in [9.17, 15) is 4.79 Å². The van der Waals surface area contributed by atoms with Crippen molar-refractivity contribution in [2.24, 2.45) is 0 Å². The van der Waals surface area contributed by atoms with Crippen LogP contribution < -0.4 is 5.84 Å². The molecule has 1 atom stereocenters. The molecule has 0 saturated carbocycles. The van der Waals surface area contributed by atoms with Crippen molar-refractivity contribution in [1.82, 2.24) is 24.7 Å². The van der Waals surface area contributed by atoms with Crippen LogP contribution >= 0.6 is 23.4 Å². The Labute approximate surface area is 162 Å².